The summed E-state index contributed by atoms with van der Waals surface area (Å²) >= 11 is 1.51. The van der Waals surface area contributed by atoms with E-state index in [1.807, 2.05) is 55.5 Å². The molecule has 4 aromatic rings. The summed E-state index contributed by atoms with van der Waals surface area (Å²) in [5.41, 5.74) is 5.68. The second-order valence-electron chi connectivity index (χ2n) is 16.2. The van der Waals surface area contributed by atoms with Gasteiger partial charge < -0.3 is 15.7 Å². The largest absolute Gasteiger partial charge is 0.394 e. The number of amides is 5. The van der Waals surface area contributed by atoms with E-state index in [9.17, 15) is 37.5 Å². The summed E-state index contributed by atoms with van der Waals surface area (Å²) in [4.78, 5) is 65.5. The molecule has 4 aliphatic rings. The van der Waals surface area contributed by atoms with Crippen LogP contribution < -0.4 is 16.0 Å². The van der Waals surface area contributed by atoms with Crippen molar-refractivity contribution in [3.63, 3.8) is 0 Å². The number of piperidine rings is 1. The van der Waals surface area contributed by atoms with Gasteiger partial charge in [-0.25, -0.2) is 8.42 Å². The molecule has 4 aromatic carbocycles. The first kappa shape index (κ1) is 42.3. The molecule has 4 aliphatic heterocycles. The number of imide groups is 2. The molecule has 4 atom stereocenters. The first-order valence-corrected chi connectivity index (χ1v) is 23.3. The van der Waals surface area contributed by atoms with Crippen LogP contribution in [0, 0.1) is 12.8 Å². The van der Waals surface area contributed by atoms with Crippen molar-refractivity contribution in [1.29, 1.82) is 0 Å². The van der Waals surface area contributed by atoms with E-state index in [0.717, 1.165) is 70.7 Å². The molecule has 0 bridgehead atoms. The van der Waals surface area contributed by atoms with E-state index in [1.54, 1.807) is 40.7 Å². The molecule has 61 heavy (non-hydrogen) atoms. The topological polar surface area (TPSA) is 182 Å². The van der Waals surface area contributed by atoms with Crippen LogP contribution in [-0.4, -0.2) is 83.3 Å². The summed E-state index contributed by atoms with van der Waals surface area (Å²) < 4.78 is 29.6. The van der Waals surface area contributed by atoms with Gasteiger partial charge in [-0.2, -0.15) is 4.31 Å². The maximum atomic E-state index is 14.0. The van der Waals surface area contributed by atoms with Crippen molar-refractivity contribution < 1.29 is 37.5 Å². The Balaban J connectivity index is 0.820. The standard InChI is InChI=1S/C46H49N5O8S2/c1-28-14-17-32(18-15-28)61(58,59)50-23-22-33-37(27-52)48-36-19-16-30(26-35(36)43(33)50)29-9-7-10-31(25-29)47-40(53)13-5-3-2-4-6-24-60-39-12-8-11-34-42(39)46(57)51(45(34)56)38-20-21-41(54)49-44(38)55/h7-12,14-19,25-26,33,37-38,43,48,52H,2-6,13,20-24,27H2,1H3,(H,47,53)(H,49,54,55)/t33-,37+,38?,43-/m1/s1. The van der Waals surface area contributed by atoms with Crippen LogP contribution in [0.5, 0.6) is 0 Å². The first-order valence-electron chi connectivity index (χ1n) is 20.9. The summed E-state index contributed by atoms with van der Waals surface area (Å²) in [6.45, 7) is 2.17. The number of aliphatic hydroxyl groups is 1. The highest BCUT2D eigenvalue weighted by Crippen LogP contribution is 2.49. The Morgan fingerprint density at radius 1 is 0.869 bits per heavy atom. The van der Waals surface area contributed by atoms with E-state index < -0.39 is 45.7 Å². The van der Waals surface area contributed by atoms with Gasteiger partial charge in [0, 0.05) is 41.6 Å². The zero-order valence-corrected chi connectivity index (χ0v) is 35.5. The predicted molar refractivity (Wildman–Crippen MR) is 232 cm³/mol. The lowest BCUT2D eigenvalue weighted by Crippen LogP contribution is -2.54. The number of rotatable bonds is 15. The summed E-state index contributed by atoms with van der Waals surface area (Å²) in [6, 6.07) is 23.9. The van der Waals surface area contributed by atoms with Gasteiger partial charge in [-0.05, 0) is 104 Å². The van der Waals surface area contributed by atoms with Crippen LogP contribution in [0.1, 0.15) is 95.7 Å². The SMILES string of the molecule is Cc1ccc(S(=O)(=O)N2CC[C@@H]3[C@H](CO)Nc4ccc(-c5cccc(NC(=O)CCCCCCCSc6cccc7c6C(=O)N(C6CCC(=O)NC6=O)C7=O)c5)cc4[C@@H]32)cc1. The number of benzene rings is 4. The number of hydrogen-bond donors (Lipinski definition) is 4. The number of sulfonamides is 1. The molecule has 13 nitrogen and oxygen atoms in total. The molecule has 4 N–H and O–H groups in total. The molecule has 8 rings (SSSR count). The molecule has 4 heterocycles. The minimum absolute atomic E-state index is 0.0722. The van der Waals surface area contributed by atoms with Crippen molar-refractivity contribution in [2.75, 3.05) is 29.5 Å². The van der Waals surface area contributed by atoms with Gasteiger partial charge in [0.05, 0.1) is 34.7 Å². The zero-order valence-electron chi connectivity index (χ0n) is 33.9. The third-order valence-electron chi connectivity index (χ3n) is 12.2. The van der Waals surface area contributed by atoms with E-state index in [4.69, 9.17) is 0 Å². The number of aryl methyl sites for hydroxylation is 1. The second kappa shape index (κ2) is 17.9. The number of thioether (sulfide) groups is 1. The highest BCUT2D eigenvalue weighted by molar-refractivity contribution is 7.99. The normalized spacial score (nSPS) is 21.1. The molecule has 2 fully saturated rings. The minimum Gasteiger partial charge on any atom is -0.394 e. The van der Waals surface area contributed by atoms with Gasteiger partial charge in [0.1, 0.15) is 6.04 Å². The summed E-state index contributed by atoms with van der Waals surface area (Å²) in [5.74, 6) is -1.49. The third kappa shape index (κ3) is 8.61. The Kier molecular flexibility index (Phi) is 12.5. The molecule has 318 valence electrons. The van der Waals surface area contributed by atoms with Gasteiger partial charge in [-0.1, -0.05) is 61.2 Å². The van der Waals surface area contributed by atoms with Crippen LogP contribution in [-0.2, 0) is 24.4 Å². The van der Waals surface area contributed by atoms with Crippen LogP contribution in [0.3, 0.4) is 0 Å². The molecule has 15 heteroatoms. The highest BCUT2D eigenvalue weighted by Gasteiger charge is 2.49. The van der Waals surface area contributed by atoms with E-state index in [1.165, 1.54) is 11.8 Å². The Morgan fingerprint density at radius 3 is 2.41 bits per heavy atom. The lowest BCUT2D eigenvalue weighted by Gasteiger charge is -2.39. The van der Waals surface area contributed by atoms with Crippen molar-refractivity contribution in [2.24, 2.45) is 5.92 Å². The van der Waals surface area contributed by atoms with E-state index in [2.05, 4.69) is 16.0 Å². The molecule has 0 spiro atoms. The fourth-order valence-corrected chi connectivity index (χ4v) is 11.8. The Bertz CT molecular complexity index is 2490. The van der Waals surface area contributed by atoms with Crippen molar-refractivity contribution in [3.05, 3.63) is 107 Å². The molecular formula is C46H49N5O8S2. The fraction of sp³-hybridized carbons (Fsp3) is 0.370. The number of carbonyl (C=O) groups excluding carboxylic acids is 5. The Morgan fingerprint density at radius 2 is 1.62 bits per heavy atom. The molecule has 2 saturated heterocycles. The second-order valence-corrected chi connectivity index (χ2v) is 19.2. The average Bonchev–Trinajstić information content (AvgIpc) is 3.82. The van der Waals surface area contributed by atoms with Gasteiger partial charge >= 0.3 is 0 Å². The number of unbranched alkanes of at least 4 members (excludes halogenated alkanes) is 4. The fourth-order valence-electron chi connectivity index (χ4n) is 9.02. The van der Waals surface area contributed by atoms with E-state index >= 15 is 0 Å². The van der Waals surface area contributed by atoms with Crippen LogP contribution in [0.2, 0.25) is 0 Å². The molecule has 0 aliphatic carbocycles. The maximum Gasteiger partial charge on any atom is 0.263 e. The smallest absolute Gasteiger partial charge is 0.263 e. The average molecular weight is 864 g/mol. The summed E-state index contributed by atoms with van der Waals surface area (Å²) in [7, 11) is -3.80. The lowest BCUT2D eigenvalue weighted by molar-refractivity contribution is -0.136. The minimum atomic E-state index is -3.80. The number of nitrogens with one attached hydrogen (secondary N) is 3. The van der Waals surface area contributed by atoms with Crippen LogP contribution in [0.25, 0.3) is 11.1 Å². The number of fused-ring (bicyclic) bond motifs is 4. The van der Waals surface area contributed by atoms with Gasteiger partial charge in [-0.3, -0.25) is 34.2 Å². The van der Waals surface area contributed by atoms with Gasteiger partial charge in [0.25, 0.3) is 11.8 Å². The van der Waals surface area contributed by atoms with Crippen molar-refractivity contribution in [1.82, 2.24) is 14.5 Å². The molecule has 0 radical (unpaired) electrons. The Labute approximate surface area is 359 Å². The molecule has 1 unspecified atom stereocenters. The van der Waals surface area contributed by atoms with Crippen LogP contribution in [0.15, 0.2) is 94.7 Å². The number of nitrogens with zero attached hydrogens (tertiary/aromatic N) is 2. The van der Waals surface area contributed by atoms with Gasteiger partial charge in [0.15, 0.2) is 0 Å². The van der Waals surface area contributed by atoms with E-state index in [0.29, 0.717) is 35.5 Å². The van der Waals surface area contributed by atoms with E-state index in [-0.39, 0.29) is 47.8 Å². The quantitative estimate of drug-likeness (QED) is 0.0572. The molecule has 5 amide bonds. The monoisotopic (exact) mass is 863 g/mol. The molecule has 0 aromatic heterocycles. The summed E-state index contributed by atoms with van der Waals surface area (Å²) in [6.07, 6.45) is 5.56. The molecular weight excluding hydrogens is 815 g/mol. The van der Waals surface area contributed by atoms with Crippen LogP contribution >= 0.6 is 11.8 Å². The Hall–Kier alpha value is -5.35. The van der Waals surface area contributed by atoms with Crippen molar-refractivity contribution >= 4 is 62.7 Å². The first-order chi connectivity index (χ1) is 29.4. The number of aliphatic hydroxyl groups excluding tert-OH is 1. The molecule has 0 saturated carbocycles. The zero-order chi connectivity index (χ0) is 42.8. The number of anilines is 2. The van der Waals surface area contributed by atoms with Gasteiger partial charge in [-0.15, -0.1) is 11.8 Å². The van der Waals surface area contributed by atoms with Crippen molar-refractivity contribution in [2.45, 2.75) is 92.6 Å². The van der Waals surface area contributed by atoms with Gasteiger partial charge in [0.2, 0.25) is 27.7 Å². The maximum absolute atomic E-state index is 14.0. The van der Waals surface area contributed by atoms with Crippen LogP contribution in [0.4, 0.5) is 11.4 Å². The summed E-state index contributed by atoms with van der Waals surface area (Å²) in [5, 5.41) is 19.0. The highest BCUT2D eigenvalue weighted by atomic mass is 32.2. The van der Waals surface area contributed by atoms with Crippen molar-refractivity contribution in [3.8, 4) is 11.1 Å². The third-order valence-corrected chi connectivity index (χ3v) is 15.2. The number of hydrogen-bond acceptors (Lipinski definition) is 10. The predicted octanol–water partition coefficient (Wildman–Crippen LogP) is 6.67. The number of carbonyl (C=O) groups is 5. The lowest BCUT2D eigenvalue weighted by atomic mass is 9.82.